The average Bonchev–Trinajstić information content (AvgIpc) is 2.60. The van der Waals surface area contributed by atoms with Gasteiger partial charge in [-0.25, -0.2) is 9.55 Å². The van der Waals surface area contributed by atoms with Crippen LogP contribution in [0.4, 0.5) is 5.82 Å². The van der Waals surface area contributed by atoms with E-state index in [-0.39, 0.29) is 30.4 Å². The Labute approximate surface area is 102 Å². The zero-order chi connectivity index (χ0) is 12.1. The summed E-state index contributed by atoms with van der Waals surface area (Å²) < 4.78 is 6.56. The monoisotopic (exact) mass is 267 g/mol. The van der Waals surface area contributed by atoms with Crippen LogP contribution in [0.5, 0.6) is 0 Å². The Morgan fingerprint density at radius 1 is 1.69 bits per heavy atom. The highest BCUT2D eigenvalue weighted by Gasteiger charge is 2.21. The molecule has 0 aliphatic carbocycles. The van der Waals surface area contributed by atoms with Crippen LogP contribution in [-0.2, 0) is 11.3 Å². The Hall–Kier alpha value is -0.850. The highest BCUT2D eigenvalue weighted by atomic mass is 35.5. The van der Waals surface area contributed by atoms with Crippen molar-refractivity contribution in [3.05, 3.63) is 22.1 Å². The zero-order valence-corrected chi connectivity index (χ0v) is 10.1. The number of alkyl halides is 2. The average molecular weight is 268 g/mol. The highest BCUT2D eigenvalue weighted by Crippen LogP contribution is 2.15. The summed E-state index contributed by atoms with van der Waals surface area (Å²) in [6.45, 7) is 1.94. The minimum atomic E-state index is -0.494. The summed E-state index contributed by atoms with van der Waals surface area (Å²) >= 11 is 11.1. The Morgan fingerprint density at radius 3 is 2.88 bits per heavy atom. The van der Waals surface area contributed by atoms with Gasteiger partial charge in [0.1, 0.15) is 24.9 Å². The van der Waals surface area contributed by atoms with Gasteiger partial charge >= 0.3 is 5.82 Å². The molecule has 1 atom stereocenters. The third kappa shape index (κ3) is 3.07. The Bertz CT molecular complexity index is 369. The second-order valence-electron chi connectivity index (χ2n) is 3.08. The summed E-state index contributed by atoms with van der Waals surface area (Å²) in [7, 11) is 0. The molecule has 1 aromatic rings. The third-order valence-corrected chi connectivity index (χ3v) is 2.55. The molecule has 1 aromatic heterocycles. The van der Waals surface area contributed by atoms with Gasteiger partial charge < -0.3 is 14.9 Å². The molecule has 8 heteroatoms. The molecule has 0 saturated heterocycles. The Morgan fingerprint density at radius 2 is 2.38 bits per heavy atom. The molecule has 0 saturated carbocycles. The molecule has 6 nitrogen and oxygen atoms in total. The number of nitro groups is 1. The number of ether oxygens (including phenoxy) is 1. The van der Waals surface area contributed by atoms with Crippen molar-refractivity contribution in [1.82, 2.24) is 9.55 Å². The highest BCUT2D eigenvalue weighted by molar-refractivity contribution is 6.18. The minimum Gasteiger partial charge on any atom is -0.358 e. The van der Waals surface area contributed by atoms with Gasteiger partial charge in [-0.3, -0.25) is 0 Å². The van der Waals surface area contributed by atoms with Crippen molar-refractivity contribution in [1.29, 1.82) is 0 Å². The van der Waals surface area contributed by atoms with E-state index in [1.807, 2.05) is 0 Å². The molecule has 0 amide bonds. The normalized spacial score (nSPS) is 12.7. The largest absolute Gasteiger partial charge is 0.358 e. The van der Waals surface area contributed by atoms with E-state index in [1.165, 1.54) is 10.8 Å². The zero-order valence-electron chi connectivity index (χ0n) is 8.60. The first-order chi connectivity index (χ1) is 7.60. The summed E-state index contributed by atoms with van der Waals surface area (Å²) in [5.41, 5.74) is 0. The van der Waals surface area contributed by atoms with Crippen molar-refractivity contribution in [3.8, 4) is 0 Å². The summed E-state index contributed by atoms with van der Waals surface area (Å²) in [5, 5.41) is 10.7. The van der Waals surface area contributed by atoms with E-state index in [2.05, 4.69) is 4.98 Å². The molecule has 1 unspecified atom stereocenters. The summed E-state index contributed by atoms with van der Waals surface area (Å²) in [6, 6.07) is -0.00106. The number of hydrogen-bond donors (Lipinski definition) is 0. The maximum Gasteiger partial charge on any atom is 0.342 e. The third-order valence-electron chi connectivity index (χ3n) is 2.08. The number of nitrogens with zero attached hydrogens (tertiary/aromatic N) is 3. The van der Waals surface area contributed by atoms with Gasteiger partial charge in [0.05, 0.1) is 5.88 Å². The first kappa shape index (κ1) is 13.2. The fraction of sp³-hybridized carbons (Fsp3) is 0.625. The van der Waals surface area contributed by atoms with Crippen molar-refractivity contribution in [2.75, 3.05) is 11.9 Å². The van der Waals surface area contributed by atoms with Crippen molar-refractivity contribution in [2.45, 2.75) is 19.6 Å². The molecular formula is C8H11Cl2N3O3. The van der Waals surface area contributed by atoms with Crippen molar-refractivity contribution in [3.63, 3.8) is 0 Å². The first-order valence-electron chi connectivity index (χ1n) is 4.50. The number of imidazole rings is 1. The maximum atomic E-state index is 10.7. The number of rotatable bonds is 6. The van der Waals surface area contributed by atoms with E-state index < -0.39 is 4.92 Å². The molecule has 0 bridgehead atoms. The van der Waals surface area contributed by atoms with E-state index in [1.54, 1.807) is 6.92 Å². The smallest absolute Gasteiger partial charge is 0.342 e. The molecule has 0 radical (unpaired) electrons. The standard InChI is InChI=1S/C8H11Cl2N3O3/c1-6-11-3-8(13(14)15)12(6)4-7(2-9)16-5-10/h3,7H,2,4-5H2,1H3. The fourth-order valence-corrected chi connectivity index (χ4v) is 1.63. The van der Waals surface area contributed by atoms with Crippen LogP contribution in [0.25, 0.3) is 0 Å². The molecule has 1 heterocycles. The lowest BCUT2D eigenvalue weighted by Crippen LogP contribution is -2.23. The Kier molecular flexibility index (Phi) is 4.98. The Balaban J connectivity index is 2.85. The van der Waals surface area contributed by atoms with Crippen LogP contribution in [0.15, 0.2) is 6.20 Å². The van der Waals surface area contributed by atoms with Gasteiger partial charge in [0, 0.05) is 6.92 Å². The topological polar surface area (TPSA) is 70.2 Å². The van der Waals surface area contributed by atoms with Gasteiger partial charge in [-0.1, -0.05) is 11.6 Å². The molecule has 0 aliphatic heterocycles. The van der Waals surface area contributed by atoms with Crippen LogP contribution in [0, 0.1) is 17.0 Å². The van der Waals surface area contributed by atoms with Crippen LogP contribution >= 0.6 is 23.2 Å². The summed E-state index contributed by atoms with van der Waals surface area (Å²) in [4.78, 5) is 14.1. The molecule has 0 aromatic carbocycles. The molecule has 1 rings (SSSR count). The lowest BCUT2D eigenvalue weighted by atomic mass is 10.4. The van der Waals surface area contributed by atoms with E-state index >= 15 is 0 Å². The van der Waals surface area contributed by atoms with E-state index in [0.29, 0.717) is 5.82 Å². The van der Waals surface area contributed by atoms with Gasteiger partial charge in [-0.15, -0.1) is 11.6 Å². The van der Waals surface area contributed by atoms with Crippen LogP contribution in [0.3, 0.4) is 0 Å². The summed E-state index contributed by atoms with van der Waals surface area (Å²) in [6.07, 6.45) is 0.840. The van der Waals surface area contributed by atoms with Gasteiger partial charge in [0.15, 0.2) is 5.82 Å². The molecular weight excluding hydrogens is 257 g/mol. The molecule has 16 heavy (non-hydrogen) atoms. The second kappa shape index (κ2) is 6.03. The van der Waals surface area contributed by atoms with Gasteiger partial charge in [0.25, 0.3) is 0 Å². The number of hydrogen-bond acceptors (Lipinski definition) is 4. The fourth-order valence-electron chi connectivity index (χ4n) is 1.27. The lowest BCUT2D eigenvalue weighted by Gasteiger charge is -2.12. The van der Waals surface area contributed by atoms with Crippen molar-refractivity contribution >= 4 is 29.0 Å². The second-order valence-corrected chi connectivity index (χ2v) is 3.61. The van der Waals surface area contributed by atoms with Gasteiger partial charge in [-0.05, 0) is 4.92 Å². The number of aryl methyl sites for hydroxylation is 1. The molecule has 0 aliphatic rings. The SMILES string of the molecule is Cc1ncc([N+](=O)[O-])n1CC(CCl)OCCl. The first-order valence-corrected chi connectivity index (χ1v) is 5.57. The van der Waals surface area contributed by atoms with E-state index in [0.717, 1.165) is 0 Å². The lowest BCUT2D eigenvalue weighted by molar-refractivity contribution is -0.392. The van der Waals surface area contributed by atoms with Gasteiger partial charge in [-0.2, -0.15) is 0 Å². The predicted octanol–water partition coefficient (Wildman–Crippen LogP) is 1.92. The summed E-state index contributed by atoms with van der Waals surface area (Å²) in [5.74, 6) is 0.673. The van der Waals surface area contributed by atoms with E-state index in [9.17, 15) is 10.1 Å². The minimum absolute atomic E-state index is 0.00106. The van der Waals surface area contributed by atoms with Crippen molar-refractivity contribution in [2.24, 2.45) is 0 Å². The maximum absolute atomic E-state index is 10.7. The van der Waals surface area contributed by atoms with Crippen molar-refractivity contribution < 1.29 is 9.66 Å². The molecule has 0 N–H and O–H groups in total. The van der Waals surface area contributed by atoms with Crippen LogP contribution in [0.1, 0.15) is 5.82 Å². The molecule has 0 spiro atoms. The van der Waals surface area contributed by atoms with Crippen LogP contribution < -0.4 is 0 Å². The van der Waals surface area contributed by atoms with Crippen LogP contribution in [0.2, 0.25) is 0 Å². The van der Waals surface area contributed by atoms with Gasteiger partial charge in [0.2, 0.25) is 0 Å². The quantitative estimate of drug-likeness (QED) is 0.449. The number of halogens is 2. The molecule has 0 fully saturated rings. The van der Waals surface area contributed by atoms with E-state index in [4.69, 9.17) is 27.9 Å². The van der Waals surface area contributed by atoms with Crippen LogP contribution in [-0.4, -0.2) is 32.5 Å². The number of aromatic nitrogens is 2. The predicted molar refractivity (Wildman–Crippen MR) is 59.9 cm³/mol. The molecule has 90 valence electrons.